The van der Waals surface area contributed by atoms with Crippen molar-refractivity contribution in [2.75, 3.05) is 0 Å². The summed E-state index contributed by atoms with van der Waals surface area (Å²) in [5, 5.41) is 9.02. The summed E-state index contributed by atoms with van der Waals surface area (Å²) >= 11 is 0. The second-order valence-electron chi connectivity index (χ2n) is 7.29. The minimum absolute atomic E-state index is 0.0787. The quantitative estimate of drug-likeness (QED) is 0.737. The molecule has 0 fully saturated rings. The predicted octanol–water partition coefficient (Wildman–Crippen LogP) is 2.71. The van der Waals surface area contributed by atoms with Gasteiger partial charge in [-0.15, -0.1) is 0 Å². The van der Waals surface area contributed by atoms with Gasteiger partial charge in [0.2, 0.25) is 0 Å². The smallest absolute Gasteiger partial charge is 0.141 e. The fourth-order valence-electron chi connectivity index (χ4n) is 2.81. The van der Waals surface area contributed by atoms with Gasteiger partial charge in [0, 0.05) is 13.5 Å². The molecule has 0 bridgehead atoms. The number of rotatable bonds is 7. The molecule has 1 heterocycles. The van der Waals surface area contributed by atoms with E-state index in [0.717, 1.165) is 6.29 Å². The van der Waals surface area contributed by atoms with E-state index in [2.05, 4.69) is 9.71 Å². The molecule has 0 saturated heterocycles. The lowest BCUT2D eigenvalue weighted by atomic mass is 9.83. The maximum absolute atomic E-state index is 14.4. The van der Waals surface area contributed by atoms with Crippen LogP contribution in [-0.4, -0.2) is 24.8 Å². The minimum atomic E-state index is -1.51. The number of nitrogens with zero attached hydrogens (tertiary/aromatic N) is 3. The molecule has 0 aliphatic rings. The van der Waals surface area contributed by atoms with Gasteiger partial charge in [0.1, 0.15) is 18.2 Å². The fourth-order valence-corrected chi connectivity index (χ4v) is 3.76. The second kappa shape index (κ2) is 8.11. The van der Waals surface area contributed by atoms with Gasteiger partial charge < -0.3 is 9.36 Å². The lowest BCUT2D eigenvalue weighted by molar-refractivity contribution is -0.108. The van der Waals surface area contributed by atoms with E-state index in [1.807, 2.05) is 20.8 Å². The molecule has 0 saturated carbocycles. The van der Waals surface area contributed by atoms with Crippen LogP contribution in [0.4, 0.5) is 4.39 Å². The monoisotopic (exact) mass is 390 g/mol. The lowest BCUT2D eigenvalue weighted by Gasteiger charge is -2.37. The standard InChI is InChI=1S/C19H23FN4O2S/c1-18(2,3)27(26)23-19(8-5-9-25,17-12-22-13-24(17)4)15-7-6-14(11-21)16(20)10-15/h6-7,9-10,12-13,23H,5,8H2,1-4H3. The van der Waals surface area contributed by atoms with Gasteiger partial charge in [-0.25, -0.2) is 18.3 Å². The van der Waals surface area contributed by atoms with Crippen LogP contribution in [0, 0.1) is 17.1 Å². The lowest BCUT2D eigenvalue weighted by Crippen LogP contribution is -2.50. The van der Waals surface area contributed by atoms with E-state index in [-0.39, 0.29) is 18.4 Å². The van der Waals surface area contributed by atoms with E-state index in [1.165, 1.54) is 12.1 Å². The van der Waals surface area contributed by atoms with E-state index in [9.17, 15) is 13.4 Å². The highest BCUT2D eigenvalue weighted by molar-refractivity contribution is 7.84. The topological polar surface area (TPSA) is 87.8 Å². The Kier molecular flexibility index (Phi) is 6.29. The van der Waals surface area contributed by atoms with Crippen molar-refractivity contribution in [1.29, 1.82) is 5.26 Å². The number of carbonyl (C=O) groups is 1. The highest BCUT2D eigenvalue weighted by atomic mass is 32.2. The van der Waals surface area contributed by atoms with Crippen LogP contribution in [-0.2, 0) is 28.4 Å². The molecule has 2 rings (SSSR count). The SMILES string of the molecule is Cn1cncc1C(CCC=O)(NS(=O)C(C)(C)C)c1ccc(C#N)c(F)c1. The van der Waals surface area contributed by atoms with Crippen molar-refractivity contribution < 1.29 is 13.4 Å². The van der Waals surface area contributed by atoms with Crippen LogP contribution >= 0.6 is 0 Å². The maximum Gasteiger partial charge on any atom is 0.141 e. The first kappa shape index (κ1) is 20.9. The molecule has 2 atom stereocenters. The average molecular weight is 390 g/mol. The Morgan fingerprint density at radius 3 is 2.59 bits per heavy atom. The summed E-state index contributed by atoms with van der Waals surface area (Å²) in [5.74, 6) is -0.670. The molecule has 27 heavy (non-hydrogen) atoms. The molecule has 8 heteroatoms. The summed E-state index contributed by atoms with van der Waals surface area (Å²) in [6, 6.07) is 6.06. The normalized spacial score (nSPS) is 15.0. The van der Waals surface area contributed by atoms with Crippen LogP contribution in [0.2, 0.25) is 0 Å². The first-order valence-corrected chi connectivity index (χ1v) is 9.61. The molecule has 0 radical (unpaired) electrons. The zero-order valence-corrected chi connectivity index (χ0v) is 16.6. The summed E-state index contributed by atoms with van der Waals surface area (Å²) in [6.07, 6.45) is 4.39. The van der Waals surface area contributed by atoms with Gasteiger partial charge in [0.05, 0.1) is 45.1 Å². The van der Waals surface area contributed by atoms with Crippen molar-refractivity contribution in [2.45, 2.75) is 43.9 Å². The van der Waals surface area contributed by atoms with Crippen molar-refractivity contribution in [3.63, 3.8) is 0 Å². The Hall–Kier alpha value is -2.37. The van der Waals surface area contributed by atoms with Crippen LogP contribution in [0.3, 0.4) is 0 Å². The van der Waals surface area contributed by atoms with Gasteiger partial charge in [-0.2, -0.15) is 5.26 Å². The summed E-state index contributed by atoms with van der Waals surface area (Å²) in [6.45, 7) is 5.47. The molecule has 0 aliphatic carbocycles. The fraction of sp³-hybridized carbons (Fsp3) is 0.421. The molecule has 0 amide bonds. The summed E-state index contributed by atoms with van der Waals surface area (Å²) < 4.78 is 31.7. The van der Waals surface area contributed by atoms with E-state index in [0.29, 0.717) is 11.3 Å². The van der Waals surface area contributed by atoms with E-state index < -0.39 is 27.1 Å². The third kappa shape index (κ3) is 4.31. The average Bonchev–Trinajstić information content (AvgIpc) is 3.04. The molecule has 6 nitrogen and oxygen atoms in total. The number of nitrogens with one attached hydrogen (secondary N) is 1. The third-order valence-corrected chi connectivity index (χ3v) is 5.94. The molecule has 2 aromatic rings. The number of halogens is 1. The number of aldehydes is 1. The summed E-state index contributed by atoms with van der Waals surface area (Å²) in [5.41, 5.74) is -0.0721. The first-order valence-electron chi connectivity index (χ1n) is 8.46. The van der Waals surface area contributed by atoms with E-state index >= 15 is 0 Å². The maximum atomic E-state index is 14.4. The number of carbonyl (C=O) groups excluding carboxylic acids is 1. The highest BCUT2D eigenvalue weighted by Crippen LogP contribution is 2.36. The van der Waals surface area contributed by atoms with Gasteiger partial charge >= 0.3 is 0 Å². The number of hydrogen-bond donors (Lipinski definition) is 1. The van der Waals surface area contributed by atoms with Crippen molar-refractivity contribution in [1.82, 2.24) is 14.3 Å². The van der Waals surface area contributed by atoms with Crippen LogP contribution in [0.5, 0.6) is 0 Å². The number of imidazole rings is 1. The van der Waals surface area contributed by atoms with Crippen LogP contribution in [0.25, 0.3) is 0 Å². The number of aryl methyl sites for hydroxylation is 1. The minimum Gasteiger partial charge on any atom is -0.336 e. The van der Waals surface area contributed by atoms with Crippen LogP contribution < -0.4 is 4.72 Å². The number of benzene rings is 1. The summed E-state index contributed by atoms with van der Waals surface area (Å²) in [4.78, 5) is 15.3. The largest absolute Gasteiger partial charge is 0.336 e. The number of aromatic nitrogens is 2. The Morgan fingerprint density at radius 2 is 2.11 bits per heavy atom. The molecule has 144 valence electrons. The Bertz CT molecular complexity index is 898. The van der Waals surface area contributed by atoms with E-state index in [1.54, 1.807) is 36.3 Å². The zero-order chi connectivity index (χ0) is 20.2. The molecule has 2 unspecified atom stereocenters. The van der Waals surface area contributed by atoms with Crippen molar-refractivity contribution in [3.8, 4) is 6.07 Å². The van der Waals surface area contributed by atoms with Crippen LogP contribution in [0.15, 0.2) is 30.7 Å². The van der Waals surface area contributed by atoms with Gasteiger partial charge in [0.25, 0.3) is 0 Å². The van der Waals surface area contributed by atoms with Gasteiger partial charge in [0.15, 0.2) is 0 Å². The number of hydrogen-bond acceptors (Lipinski definition) is 4. The zero-order valence-electron chi connectivity index (χ0n) is 15.8. The Labute approximate surface area is 161 Å². The van der Waals surface area contributed by atoms with E-state index in [4.69, 9.17) is 5.26 Å². The highest BCUT2D eigenvalue weighted by Gasteiger charge is 2.40. The van der Waals surface area contributed by atoms with Crippen molar-refractivity contribution in [3.05, 3.63) is 53.4 Å². The molecule has 0 aliphatic heterocycles. The Balaban J connectivity index is 2.73. The first-order chi connectivity index (χ1) is 12.7. The van der Waals surface area contributed by atoms with Gasteiger partial charge in [-0.05, 0) is 44.9 Å². The Morgan fingerprint density at radius 1 is 1.41 bits per heavy atom. The molecule has 1 N–H and O–H groups in total. The van der Waals surface area contributed by atoms with Gasteiger partial charge in [-0.1, -0.05) is 6.07 Å². The molecule has 1 aromatic heterocycles. The molecular weight excluding hydrogens is 367 g/mol. The third-order valence-electron chi connectivity index (χ3n) is 4.30. The van der Waals surface area contributed by atoms with Crippen LogP contribution in [0.1, 0.15) is 50.4 Å². The van der Waals surface area contributed by atoms with Crippen molar-refractivity contribution >= 4 is 17.3 Å². The predicted molar refractivity (Wildman–Crippen MR) is 101 cm³/mol. The molecule has 0 spiro atoms. The second-order valence-corrected chi connectivity index (χ2v) is 9.26. The summed E-state index contributed by atoms with van der Waals surface area (Å²) in [7, 11) is 0.266. The molecule has 1 aromatic carbocycles. The van der Waals surface area contributed by atoms with Gasteiger partial charge in [-0.3, -0.25) is 0 Å². The van der Waals surface area contributed by atoms with Crippen molar-refractivity contribution in [2.24, 2.45) is 7.05 Å². The number of nitriles is 1. The molecular formula is C19H23FN4O2S.